The molecule has 1 fully saturated rings. The Morgan fingerprint density at radius 3 is 2.13 bits per heavy atom. The molecule has 3 heteroatoms. The van der Waals surface area contributed by atoms with Gasteiger partial charge in [-0.05, 0) is 61.8 Å². The molecule has 2 aromatic carbocycles. The number of hydrogen-bond donors (Lipinski definition) is 0. The van der Waals surface area contributed by atoms with E-state index < -0.39 is 0 Å². The first kappa shape index (κ1) is 25.4. The third-order valence-electron chi connectivity index (χ3n) is 7.02. The van der Waals surface area contributed by atoms with Gasteiger partial charge in [0.15, 0.2) is 5.78 Å². The maximum Gasteiger partial charge on any atom is 0.194 e. The number of nitrogens with zero attached hydrogens (tertiary/aromatic N) is 1. The fraction of sp³-hybridized carbons (Fsp3) is 0.519. The summed E-state index contributed by atoms with van der Waals surface area (Å²) in [5.74, 6) is 0.429. The number of ketones is 1. The van der Waals surface area contributed by atoms with E-state index in [1.807, 2.05) is 0 Å². The van der Waals surface area contributed by atoms with Crippen LogP contribution >= 0.6 is 0 Å². The van der Waals surface area contributed by atoms with Crippen LogP contribution in [0.3, 0.4) is 0 Å². The number of benzene rings is 2. The minimum Gasteiger partial charge on any atom is -0.311 e. The second-order valence-electron chi connectivity index (χ2n) is 9.00. The van der Waals surface area contributed by atoms with E-state index in [1.165, 1.54) is 47.1 Å². The number of carbonyl (C=O) groups is 1. The fourth-order valence-electron chi connectivity index (χ4n) is 5.37. The van der Waals surface area contributed by atoms with Crippen molar-refractivity contribution >= 4 is 5.78 Å². The zero-order valence-corrected chi connectivity index (χ0v) is 22.3. The molecule has 0 bridgehead atoms. The van der Waals surface area contributed by atoms with Gasteiger partial charge in [-0.1, -0.05) is 56.3 Å². The van der Waals surface area contributed by atoms with E-state index in [0.717, 1.165) is 37.0 Å². The molecule has 2 aromatic rings. The predicted molar refractivity (Wildman–Crippen MR) is 122 cm³/mol. The maximum absolute atomic E-state index is 13.7. The molecular formula is C27H38NOY+. The van der Waals surface area contributed by atoms with Gasteiger partial charge in [0, 0.05) is 51.1 Å². The molecule has 0 saturated carbocycles. The summed E-state index contributed by atoms with van der Waals surface area (Å²) >= 11 is 0. The van der Waals surface area contributed by atoms with Crippen LogP contribution in [0.4, 0.5) is 0 Å². The van der Waals surface area contributed by atoms with Gasteiger partial charge in [0.05, 0.1) is 13.1 Å². The number of piperidine rings is 1. The monoisotopic (exact) mass is 481 g/mol. The van der Waals surface area contributed by atoms with Crippen molar-refractivity contribution in [2.75, 3.05) is 13.1 Å². The van der Waals surface area contributed by atoms with Gasteiger partial charge < -0.3 is 4.48 Å². The number of carbonyl (C=O) groups excluding carboxylic acids is 1. The van der Waals surface area contributed by atoms with Crippen molar-refractivity contribution in [3.63, 3.8) is 0 Å². The van der Waals surface area contributed by atoms with Crippen molar-refractivity contribution in [2.45, 2.75) is 78.8 Å². The number of Topliss-reactive ketones (excluding diaryl/α,β-unsaturated/α-hetero) is 1. The molecule has 1 aliphatic rings. The largest absolute Gasteiger partial charge is 0.311 e. The van der Waals surface area contributed by atoms with Crippen LogP contribution in [0.2, 0.25) is 0 Å². The Hall–Kier alpha value is -0.826. The molecule has 0 aromatic heterocycles. The SMILES string of the molecule is CCc1cccc(C[N+]2(C(CC)C(=O)Cc3c(C)cccc3C)CCCCC2)c1.[Y]. The topological polar surface area (TPSA) is 17.1 Å². The third kappa shape index (κ3) is 5.90. The molecule has 1 unspecified atom stereocenters. The van der Waals surface area contributed by atoms with E-state index in [0.29, 0.717) is 12.2 Å². The molecular weight excluding hydrogens is 443 g/mol. The Balaban J connectivity index is 0.00000320. The minimum absolute atomic E-state index is 0. The van der Waals surface area contributed by atoms with Gasteiger partial charge in [0.1, 0.15) is 12.6 Å². The molecule has 3 rings (SSSR count). The van der Waals surface area contributed by atoms with E-state index in [1.54, 1.807) is 0 Å². The Labute approximate surface area is 208 Å². The van der Waals surface area contributed by atoms with E-state index in [-0.39, 0.29) is 38.8 Å². The average molecular weight is 482 g/mol. The second-order valence-corrected chi connectivity index (χ2v) is 9.00. The van der Waals surface area contributed by atoms with Crippen LogP contribution in [0.1, 0.15) is 67.3 Å². The van der Waals surface area contributed by atoms with Crippen LogP contribution in [-0.2, 0) is 56.9 Å². The number of rotatable bonds is 8. The van der Waals surface area contributed by atoms with E-state index in [9.17, 15) is 4.79 Å². The Bertz CT molecular complexity index is 818. The zero-order chi connectivity index (χ0) is 20.9. The number of likely N-dealkylation sites (tertiary alicyclic amines) is 1. The quantitative estimate of drug-likeness (QED) is 0.426. The van der Waals surface area contributed by atoms with Crippen LogP contribution in [0, 0.1) is 13.8 Å². The Kier molecular flexibility index (Phi) is 9.92. The molecule has 2 nitrogen and oxygen atoms in total. The third-order valence-corrected chi connectivity index (χ3v) is 7.02. The van der Waals surface area contributed by atoms with Crippen molar-refractivity contribution in [3.8, 4) is 0 Å². The normalized spacial score (nSPS) is 16.5. The smallest absolute Gasteiger partial charge is 0.194 e. The number of quaternary nitrogens is 1. The van der Waals surface area contributed by atoms with Gasteiger partial charge in [-0.2, -0.15) is 0 Å². The van der Waals surface area contributed by atoms with Crippen LogP contribution in [0.15, 0.2) is 42.5 Å². The molecule has 1 aliphatic heterocycles. The molecule has 0 aliphatic carbocycles. The summed E-state index contributed by atoms with van der Waals surface area (Å²) in [6, 6.07) is 15.5. The number of hydrogen-bond acceptors (Lipinski definition) is 1. The molecule has 1 radical (unpaired) electrons. The summed E-state index contributed by atoms with van der Waals surface area (Å²) in [5.41, 5.74) is 6.51. The van der Waals surface area contributed by atoms with Gasteiger partial charge >= 0.3 is 0 Å². The molecule has 1 saturated heterocycles. The summed E-state index contributed by atoms with van der Waals surface area (Å²) in [6.07, 6.45) is 6.34. The zero-order valence-electron chi connectivity index (χ0n) is 19.4. The summed E-state index contributed by atoms with van der Waals surface area (Å²) in [5, 5.41) is 0. The fourth-order valence-corrected chi connectivity index (χ4v) is 5.37. The van der Waals surface area contributed by atoms with Crippen LogP contribution in [0.25, 0.3) is 0 Å². The van der Waals surface area contributed by atoms with E-state index in [2.05, 4.69) is 70.2 Å². The van der Waals surface area contributed by atoms with Crippen molar-refractivity contribution in [3.05, 3.63) is 70.3 Å². The average Bonchev–Trinajstić information content (AvgIpc) is 2.72. The van der Waals surface area contributed by atoms with Gasteiger partial charge in [-0.25, -0.2) is 0 Å². The van der Waals surface area contributed by atoms with Gasteiger partial charge in [0.25, 0.3) is 0 Å². The van der Waals surface area contributed by atoms with Gasteiger partial charge in [-0.15, -0.1) is 0 Å². The molecule has 30 heavy (non-hydrogen) atoms. The Morgan fingerprint density at radius 1 is 0.933 bits per heavy atom. The van der Waals surface area contributed by atoms with Crippen LogP contribution < -0.4 is 0 Å². The van der Waals surface area contributed by atoms with Crippen LogP contribution in [0.5, 0.6) is 0 Å². The van der Waals surface area contributed by atoms with Crippen molar-refractivity contribution < 1.29 is 42.0 Å². The molecule has 1 atom stereocenters. The first-order chi connectivity index (χ1) is 14.0. The number of aryl methyl sites for hydroxylation is 3. The maximum atomic E-state index is 13.7. The summed E-state index contributed by atoms with van der Waals surface area (Å²) in [4.78, 5) is 13.7. The van der Waals surface area contributed by atoms with Crippen molar-refractivity contribution in [1.29, 1.82) is 0 Å². The van der Waals surface area contributed by atoms with Crippen LogP contribution in [-0.4, -0.2) is 29.4 Å². The molecule has 1 heterocycles. The second kappa shape index (κ2) is 11.7. The molecule has 0 amide bonds. The first-order valence-electron chi connectivity index (χ1n) is 11.5. The summed E-state index contributed by atoms with van der Waals surface area (Å²) in [6.45, 7) is 12.0. The van der Waals surface area contributed by atoms with E-state index >= 15 is 0 Å². The predicted octanol–water partition coefficient (Wildman–Crippen LogP) is 5.95. The minimum atomic E-state index is 0. The van der Waals surface area contributed by atoms with E-state index in [4.69, 9.17) is 0 Å². The standard InChI is InChI=1S/C27H38NO.Y/c1-5-23-14-11-15-24(18-23)20-28(16-8-7-9-17-28)26(6-2)27(29)19-25-21(3)12-10-13-22(25)4;/h10-15,18,26H,5-9,16-17,19-20H2,1-4H3;/q+1;. The molecule has 0 N–H and O–H groups in total. The summed E-state index contributed by atoms with van der Waals surface area (Å²) < 4.78 is 0.952. The first-order valence-corrected chi connectivity index (χ1v) is 11.5. The van der Waals surface area contributed by atoms with Gasteiger partial charge in [-0.3, -0.25) is 4.79 Å². The van der Waals surface area contributed by atoms with Crippen molar-refractivity contribution in [1.82, 2.24) is 0 Å². The molecule has 159 valence electrons. The Morgan fingerprint density at radius 2 is 1.53 bits per heavy atom. The molecule has 0 spiro atoms. The van der Waals surface area contributed by atoms with Gasteiger partial charge in [0.2, 0.25) is 0 Å². The summed E-state index contributed by atoms with van der Waals surface area (Å²) in [7, 11) is 0. The van der Waals surface area contributed by atoms with Crippen molar-refractivity contribution in [2.24, 2.45) is 0 Å².